The standard InChI is InChI=1S/C17H18ClN3O2/c1-12-15(6-9-23-12)16-10-17(21(20-16)7-8-22)19-11-13-2-4-14(18)5-3-13/h2-6,9-10,19,22H,7-8,11H2,1H3. The van der Waals surface area contributed by atoms with E-state index in [4.69, 9.17) is 16.0 Å². The average molecular weight is 332 g/mol. The van der Waals surface area contributed by atoms with Gasteiger partial charge in [-0.2, -0.15) is 5.10 Å². The van der Waals surface area contributed by atoms with E-state index in [-0.39, 0.29) is 6.61 Å². The maximum Gasteiger partial charge on any atom is 0.125 e. The molecule has 0 atom stereocenters. The maximum atomic E-state index is 9.23. The van der Waals surface area contributed by atoms with Gasteiger partial charge in [0.25, 0.3) is 0 Å². The molecule has 0 spiro atoms. The molecule has 3 aromatic rings. The highest BCUT2D eigenvalue weighted by Gasteiger charge is 2.12. The van der Waals surface area contributed by atoms with Crippen molar-refractivity contribution < 1.29 is 9.52 Å². The fourth-order valence-corrected chi connectivity index (χ4v) is 2.53. The molecule has 0 saturated heterocycles. The molecule has 2 aromatic heterocycles. The van der Waals surface area contributed by atoms with Gasteiger partial charge in [-0.15, -0.1) is 0 Å². The Morgan fingerprint density at radius 1 is 1.26 bits per heavy atom. The summed E-state index contributed by atoms with van der Waals surface area (Å²) in [5, 5.41) is 17.8. The third-order valence-electron chi connectivity index (χ3n) is 3.61. The van der Waals surface area contributed by atoms with Crippen LogP contribution in [0, 0.1) is 6.92 Å². The minimum atomic E-state index is 0.0289. The molecule has 0 aliphatic rings. The molecule has 2 heterocycles. The lowest BCUT2D eigenvalue weighted by molar-refractivity contribution is 0.270. The van der Waals surface area contributed by atoms with E-state index in [1.165, 1.54) is 0 Å². The van der Waals surface area contributed by atoms with Crippen molar-refractivity contribution in [2.45, 2.75) is 20.0 Å². The summed E-state index contributed by atoms with van der Waals surface area (Å²) < 4.78 is 7.10. The zero-order valence-corrected chi connectivity index (χ0v) is 13.5. The van der Waals surface area contributed by atoms with Gasteiger partial charge >= 0.3 is 0 Å². The number of aryl methyl sites for hydroxylation is 1. The van der Waals surface area contributed by atoms with Gasteiger partial charge in [-0.25, -0.2) is 4.68 Å². The number of hydrogen-bond acceptors (Lipinski definition) is 4. The van der Waals surface area contributed by atoms with Crippen LogP contribution in [0.25, 0.3) is 11.3 Å². The van der Waals surface area contributed by atoms with Gasteiger partial charge in [-0.1, -0.05) is 23.7 Å². The maximum absolute atomic E-state index is 9.23. The highest BCUT2D eigenvalue weighted by atomic mass is 35.5. The lowest BCUT2D eigenvalue weighted by Crippen LogP contribution is -2.10. The third-order valence-corrected chi connectivity index (χ3v) is 3.87. The lowest BCUT2D eigenvalue weighted by atomic mass is 10.2. The number of furan rings is 1. The van der Waals surface area contributed by atoms with Crippen molar-refractivity contribution in [2.75, 3.05) is 11.9 Å². The Morgan fingerprint density at radius 3 is 2.70 bits per heavy atom. The largest absolute Gasteiger partial charge is 0.469 e. The predicted octanol–water partition coefficient (Wildman–Crippen LogP) is 3.71. The normalized spacial score (nSPS) is 10.9. The summed E-state index contributed by atoms with van der Waals surface area (Å²) >= 11 is 5.90. The van der Waals surface area contributed by atoms with E-state index in [9.17, 15) is 5.11 Å². The summed E-state index contributed by atoms with van der Waals surface area (Å²) in [6.45, 7) is 3.01. The number of aliphatic hydroxyl groups excluding tert-OH is 1. The van der Waals surface area contributed by atoms with Crippen molar-refractivity contribution in [2.24, 2.45) is 0 Å². The van der Waals surface area contributed by atoms with Gasteiger partial charge in [0, 0.05) is 23.2 Å². The average Bonchev–Trinajstić information content (AvgIpc) is 3.13. The highest BCUT2D eigenvalue weighted by molar-refractivity contribution is 6.30. The van der Waals surface area contributed by atoms with Crippen LogP contribution in [0.5, 0.6) is 0 Å². The smallest absolute Gasteiger partial charge is 0.125 e. The Labute approximate surface area is 139 Å². The van der Waals surface area contributed by atoms with E-state index >= 15 is 0 Å². The second kappa shape index (κ2) is 6.89. The van der Waals surface area contributed by atoms with E-state index in [1.807, 2.05) is 43.3 Å². The fourth-order valence-electron chi connectivity index (χ4n) is 2.40. The minimum absolute atomic E-state index is 0.0289. The number of aliphatic hydroxyl groups is 1. The summed E-state index contributed by atoms with van der Waals surface area (Å²) in [6.07, 6.45) is 1.65. The molecule has 0 unspecified atom stereocenters. The van der Waals surface area contributed by atoms with Gasteiger partial charge in [-0.3, -0.25) is 0 Å². The van der Waals surface area contributed by atoms with Gasteiger partial charge in [0.05, 0.1) is 25.1 Å². The number of benzene rings is 1. The van der Waals surface area contributed by atoms with Gasteiger partial charge in [0.2, 0.25) is 0 Å². The van der Waals surface area contributed by atoms with Crippen LogP contribution in [0.4, 0.5) is 5.82 Å². The number of halogens is 1. The van der Waals surface area contributed by atoms with Crippen LogP contribution in [-0.4, -0.2) is 21.5 Å². The van der Waals surface area contributed by atoms with Crippen LogP contribution in [0.2, 0.25) is 5.02 Å². The zero-order valence-electron chi connectivity index (χ0n) is 12.8. The molecule has 0 bridgehead atoms. The molecule has 0 radical (unpaired) electrons. The van der Waals surface area contributed by atoms with Gasteiger partial charge in [-0.05, 0) is 30.7 Å². The van der Waals surface area contributed by atoms with E-state index in [2.05, 4.69) is 10.4 Å². The van der Waals surface area contributed by atoms with Crippen molar-refractivity contribution in [3.63, 3.8) is 0 Å². The summed E-state index contributed by atoms with van der Waals surface area (Å²) in [4.78, 5) is 0. The fraction of sp³-hybridized carbons (Fsp3) is 0.235. The molecule has 0 fully saturated rings. The number of anilines is 1. The molecule has 0 amide bonds. The SMILES string of the molecule is Cc1occc1-c1cc(NCc2ccc(Cl)cc2)n(CCO)n1. The number of nitrogens with one attached hydrogen (secondary N) is 1. The predicted molar refractivity (Wildman–Crippen MR) is 90.5 cm³/mol. The Kier molecular flexibility index (Phi) is 4.69. The van der Waals surface area contributed by atoms with Gasteiger partial charge in [0.15, 0.2) is 0 Å². The first-order valence-corrected chi connectivity index (χ1v) is 7.76. The molecule has 6 heteroatoms. The first kappa shape index (κ1) is 15.6. The number of aromatic nitrogens is 2. The lowest BCUT2D eigenvalue weighted by Gasteiger charge is -2.08. The Bertz CT molecular complexity index is 777. The van der Waals surface area contributed by atoms with Crippen LogP contribution in [-0.2, 0) is 13.1 Å². The first-order chi connectivity index (χ1) is 11.2. The third kappa shape index (κ3) is 3.57. The molecule has 1 aromatic carbocycles. The summed E-state index contributed by atoms with van der Waals surface area (Å²) in [7, 11) is 0. The van der Waals surface area contributed by atoms with Crippen LogP contribution in [0.3, 0.4) is 0 Å². The highest BCUT2D eigenvalue weighted by Crippen LogP contribution is 2.26. The molecule has 3 rings (SSSR count). The monoisotopic (exact) mass is 331 g/mol. The van der Waals surface area contributed by atoms with Crippen molar-refractivity contribution in [3.05, 3.63) is 59.0 Å². The number of nitrogens with zero attached hydrogens (tertiary/aromatic N) is 2. The summed E-state index contributed by atoms with van der Waals surface area (Å²) in [5.74, 6) is 1.67. The molecule has 0 saturated carbocycles. The summed E-state index contributed by atoms with van der Waals surface area (Å²) in [6, 6.07) is 11.5. The van der Waals surface area contributed by atoms with E-state index < -0.39 is 0 Å². The minimum Gasteiger partial charge on any atom is -0.469 e. The van der Waals surface area contributed by atoms with Gasteiger partial charge in [0.1, 0.15) is 11.6 Å². The Morgan fingerprint density at radius 2 is 2.04 bits per heavy atom. The molecule has 5 nitrogen and oxygen atoms in total. The van der Waals surface area contributed by atoms with Crippen LogP contribution >= 0.6 is 11.6 Å². The van der Waals surface area contributed by atoms with Crippen LogP contribution < -0.4 is 5.32 Å². The summed E-state index contributed by atoms with van der Waals surface area (Å²) in [5.41, 5.74) is 2.90. The Hall–Kier alpha value is -2.24. The van der Waals surface area contributed by atoms with Crippen LogP contribution in [0.1, 0.15) is 11.3 Å². The molecular formula is C17H18ClN3O2. The van der Waals surface area contributed by atoms with E-state index in [0.29, 0.717) is 13.1 Å². The molecule has 120 valence electrons. The topological polar surface area (TPSA) is 63.2 Å². The van der Waals surface area contributed by atoms with Crippen molar-refractivity contribution in [1.29, 1.82) is 0 Å². The van der Waals surface area contributed by atoms with E-state index in [0.717, 1.165) is 33.4 Å². The first-order valence-electron chi connectivity index (χ1n) is 7.39. The van der Waals surface area contributed by atoms with Crippen molar-refractivity contribution in [3.8, 4) is 11.3 Å². The molecule has 2 N–H and O–H groups in total. The van der Waals surface area contributed by atoms with Crippen LogP contribution in [0.15, 0.2) is 47.1 Å². The van der Waals surface area contributed by atoms with E-state index in [1.54, 1.807) is 10.9 Å². The van der Waals surface area contributed by atoms with Crippen molar-refractivity contribution in [1.82, 2.24) is 9.78 Å². The number of rotatable bonds is 6. The second-order valence-electron chi connectivity index (χ2n) is 5.23. The zero-order chi connectivity index (χ0) is 16.2. The molecular weight excluding hydrogens is 314 g/mol. The molecule has 23 heavy (non-hydrogen) atoms. The molecule has 0 aliphatic carbocycles. The Balaban J connectivity index is 1.81. The molecule has 0 aliphatic heterocycles. The van der Waals surface area contributed by atoms with Gasteiger partial charge < -0.3 is 14.8 Å². The van der Waals surface area contributed by atoms with Crippen molar-refractivity contribution >= 4 is 17.4 Å². The second-order valence-corrected chi connectivity index (χ2v) is 5.67. The quantitative estimate of drug-likeness (QED) is 0.722. The number of hydrogen-bond donors (Lipinski definition) is 2.